The molecule has 0 radical (unpaired) electrons. The second-order valence-electron chi connectivity index (χ2n) is 4.40. The highest BCUT2D eigenvalue weighted by Gasteiger charge is 2.17. The number of hydrazine groups is 1. The molecule has 20 heavy (non-hydrogen) atoms. The van der Waals surface area contributed by atoms with Gasteiger partial charge in [0.2, 0.25) is 0 Å². The van der Waals surface area contributed by atoms with E-state index in [1.165, 1.54) is 12.1 Å². The van der Waals surface area contributed by atoms with Crippen LogP contribution in [-0.4, -0.2) is 7.11 Å². The number of hydrogen-bond donors (Lipinski definition) is 2. The smallest absolute Gasteiger partial charge is 0.129 e. The molecule has 0 aromatic heterocycles. The number of hydrogen-bond acceptors (Lipinski definition) is 3. The summed E-state index contributed by atoms with van der Waals surface area (Å²) in [4.78, 5) is 0. The predicted molar refractivity (Wildman–Crippen MR) is 73.1 cm³/mol. The first kappa shape index (κ1) is 14.4. The molecule has 0 heterocycles. The van der Waals surface area contributed by atoms with Gasteiger partial charge in [-0.15, -0.1) is 0 Å². The molecule has 2 aromatic carbocycles. The standard InChI is InChI=1S/C15H16F2N2O/c1-20-15-5-3-2-4-12(15)14(19-18)8-10-6-7-11(16)9-13(10)17/h2-7,9,14,19H,8,18H2,1H3. The van der Waals surface area contributed by atoms with E-state index in [-0.39, 0.29) is 6.04 Å². The molecule has 0 saturated carbocycles. The second-order valence-corrected chi connectivity index (χ2v) is 4.40. The summed E-state index contributed by atoms with van der Waals surface area (Å²) in [6.45, 7) is 0. The number of ether oxygens (including phenoxy) is 1. The highest BCUT2D eigenvalue weighted by molar-refractivity contribution is 5.37. The Labute approximate surface area is 116 Å². The lowest BCUT2D eigenvalue weighted by Gasteiger charge is -2.19. The number of rotatable bonds is 5. The number of para-hydroxylation sites is 1. The van der Waals surface area contributed by atoms with Gasteiger partial charge >= 0.3 is 0 Å². The summed E-state index contributed by atoms with van der Waals surface area (Å²) >= 11 is 0. The maximum absolute atomic E-state index is 13.7. The predicted octanol–water partition coefficient (Wildman–Crippen LogP) is 2.72. The van der Waals surface area contributed by atoms with Crippen LogP contribution in [0, 0.1) is 11.6 Å². The molecule has 0 fully saturated rings. The van der Waals surface area contributed by atoms with Crippen molar-refractivity contribution in [3.05, 3.63) is 65.2 Å². The van der Waals surface area contributed by atoms with Crippen molar-refractivity contribution in [3.8, 4) is 5.75 Å². The molecule has 3 nitrogen and oxygen atoms in total. The summed E-state index contributed by atoms with van der Waals surface area (Å²) in [6, 6.07) is 10.5. The van der Waals surface area contributed by atoms with Crippen molar-refractivity contribution in [1.82, 2.24) is 5.43 Å². The molecule has 1 atom stereocenters. The van der Waals surface area contributed by atoms with Crippen LogP contribution in [-0.2, 0) is 6.42 Å². The minimum absolute atomic E-state index is 0.295. The van der Waals surface area contributed by atoms with E-state index in [9.17, 15) is 8.78 Å². The highest BCUT2D eigenvalue weighted by Crippen LogP contribution is 2.27. The summed E-state index contributed by atoms with van der Waals surface area (Å²) in [5.74, 6) is 5.04. The fraction of sp³-hybridized carbons (Fsp3) is 0.200. The lowest BCUT2D eigenvalue weighted by atomic mass is 9.98. The number of benzene rings is 2. The Hall–Kier alpha value is -1.98. The molecule has 106 valence electrons. The SMILES string of the molecule is COc1ccccc1C(Cc1ccc(F)cc1F)NN. The van der Waals surface area contributed by atoms with Gasteiger partial charge in [-0.25, -0.2) is 8.78 Å². The van der Waals surface area contributed by atoms with Crippen LogP contribution in [0.15, 0.2) is 42.5 Å². The van der Waals surface area contributed by atoms with Gasteiger partial charge in [0.1, 0.15) is 17.4 Å². The monoisotopic (exact) mass is 278 g/mol. The lowest BCUT2D eigenvalue weighted by molar-refractivity contribution is 0.398. The zero-order valence-corrected chi connectivity index (χ0v) is 11.1. The maximum atomic E-state index is 13.7. The average Bonchev–Trinajstić information content (AvgIpc) is 2.46. The van der Waals surface area contributed by atoms with Gasteiger partial charge in [0.05, 0.1) is 13.2 Å². The molecular formula is C15H16F2N2O. The van der Waals surface area contributed by atoms with E-state index >= 15 is 0 Å². The highest BCUT2D eigenvalue weighted by atomic mass is 19.1. The summed E-state index contributed by atoms with van der Waals surface area (Å²) in [6.07, 6.45) is 0.295. The maximum Gasteiger partial charge on any atom is 0.129 e. The topological polar surface area (TPSA) is 47.3 Å². The summed E-state index contributed by atoms with van der Waals surface area (Å²) in [5, 5.41) is 0. The van der Waals surface area contributed by atoms with Crippen LogP contribution in [0.3, 0.4) is 0 Å². The van der Waals surface area contributed by atoms with Gasteiger partial charge in [-0.05, 0) is 24.1 Å². The van der Waals surface area contributed by atoms with E-state index in [2.05, 4.69) is 5.43 Å². The zero-order chi connectivity index (χ0) is 14.5. The van der Waals surface area contributed by atoms with Crippen molar-refractivity contribution in [2.45, 2.75) is 12.5 Å². The quantitative estimate of drug-likeness (QED) is 0.653. The molecule has 3 N–H and O–H groups in total. The molecule has 0 saturated heterocycles. The summed E-state index contributed by atoms with van der Waals surface area (Å²) in [5.41, 5.74) is 3.85. The molecule has 5 heteroatoms. The van der Waals surface area contributed by atoms with Crippen LogP contribution in [0.25, 0.3) is 0 Å². The minimum atomic E-state index is -0.596. The Morgan fingerprint density at radius 2 is 1.95 bits per heavy atom. The Bertz CT molecular complexity index is 590. The van der Waals surface area contributed by atoms with E-state index in [1.807, 2.05) is 18.2 Å². The normalized spacial score (nSPS) is 12.2. The third-order valence-corrected chi connectivity index (χ3v) is 3.15. The van der Waals surface area contributed by atoms with Crippen LogP contribution >= 0.6 is 0 Å². The van der Waals surface area contributed by atoms with Crippen LogP contribution in [0.5, 0.6) is 5.75 Å². The van der Waals surface area contributed by atoms with Gasteiger partial charge < -0.3 is 4.74 Å². The van der Waals surface area contributed by atoms with E-state index < -0.39 is 11.6 Å². The fourth-order valence-electron chi connectivity index (χ4n) is 2.12. The molecule has 2 aromatic rings. The summed E-state index contributed by atoms with van der Waals surface area (Å²) < 4.78 is 31.9. The molecule has 0 aliphatic heterocycles. The molecule has 0 bridgehead atoms. The first-order valence-corrected chi connectivity index (χ1v) is 6.18. The zero-order valence-electron chi connectivity index (χ0n) is 11.1. The Balaban J connectivity index is 2.29. The first-order valence-electron chi connectivity index (χ1n) is 6.18. The lowest BCUT2D eigenvalue weighted by Crippen LogP contribution is -2.30. The van der Waals surface area contributed by atoms with Crippen LogP contribution in [0.4, 0.5) is 8.78 Å². The van der Waals surface area contributed by atoms with Crippen molar-refractivity contribution in [1.29, 1.82) is 0 Å². The van der Waals surface area contributed by atoms with Gasteiger partial charge in [-0.1, -0.05) is 24.3 Å². The number of nitrogens with one attached hydrogen (secondary N) is 1. The van der Waals surface area contributed by atoms with E-state index in [1.54, 1.807) is 13.2 Å². The third kappa shape index (κ3) is 3.12. The Morgan fingerprint density at radius 1 is 1.20 bits per heavy atom. The molecular weight excluding hydrogens is 262 g/mol. The molecule has 0 aliphatic rings. The van der Waals surface area contributed by atoms with Gasteiger partial charge in [0.25, 0.3) is 0 Å². The molecule has 0 amide bonds. The Kier molecular flexibility index (Phi) is 4.65. The largest absolute Gasteiger partial charge is 0.496 e. The van der Waals surface area contributed by atoms with E-state index in [0.29, 0.717) is 17.7 Å². The van der Waals surface area contributed by atoms with Gasteiger partial charge in [0.15, 0.2) is 0 Å². The van der Waals surface area contributed by atoms with Crippen LogP contribution < -0.4 is 16.0 Å². The van der Waals surface area contributed by atoms with Crippen molar-refractivity contribution < 1.29 is 13.5 Å². The van der Waals surface area contributed by atoms with Crippen LogP contribution in [0.1, 0.15) is 17.2 Å². The van der Waals surface area contributed by atoms with Crippen molar-refractivity contribution >= 4 is 0 Å². The molecule has 0 spiro atoms. The minimum Gasteiger partial charge on any atom is -0.496 e. The Morgan fingerprint density at radius 3 is 2.60 bits per heavy atom. The number of methoxy groups -OCH3 is 1. The molecule has 1 unspecified atom stereocenters. The van der Waals surface area contributed by atoms with Gasteiger partial charge in [0, 0.05) is 11.6 Å². The first-order chi connectivity index (χ1) is 9.65. The van der Waals surface area contributed by atoms with Crippen molar-refractivity contribution in [2.24, 2.45) is 5.84 Å². The van der Waals surface area contributed by atoms with E-state index in [0.717, 1.165) is 11.6 Å². The third-order valence-electron chi connectivity index (χ3n) is 3.15. The average molecular weight is 278 g/mol. The number of nitrogens with two attached hydrogens (primary N) is 1. The molecule has 0 aliphatic carbocycles. The van der Waals surface area contributed by atoms with Gasteiger partial charge in [-0.3, -0.25) is 11.3 Å². The second kappa shape index (κ2) is 6.45. The number of halogens is 2. The van der Waals surface area contributed by atoms with Crippen LogP contribution in [0.2, 0.25) is 0 Å². The van der Waals surface area contributed by atoms with Crippen molar-refractivity contribution in [2.75, 3.05) is 7.11 Å². The molecule has 2 rings (SSSR count). The van der Waals surface area contributed by atoms with Gasteiger partial charge in [-0.2, -0.15) is 0 Å². The van der Waals surface area contributed by atoms with E-state index in [4.69, 9.17) is 10.6 Å². The summed E-state index contributed by atoms with van der Waals surface area (Å²) in [7, 11) is 1.56. The van der Waals surface area contributed by atoms with Crippen molar-refractivity contribution in [3.63, 3.8) is 0 Å². The fourth-order valence-corrected chi connectivity index (χ4v) is 2.12.